The number of pyridine rings is 1. The first-order chi connectivity index (χ1) is 35.5. The third-order valence-corrected chi connectivity index (χ3v) is 12.8. The number of aromatic nitrogens is 1. The molecule has 18 heteroatoms. The van der Waals surface area contributed by atoms with Crippen molar-refractivity contribution in [2.75, 3.05) is 32.1 Å². The summed E-state index contributed by atoms with van der Waals surface area (Å²) >= 11 is 0. The number of nitrogens with one attached hydrogen (secondary N) is 7. The van der Waals surface area contributed by atoms with E-state index >= 15 is 0 Å². The highest BCUT2D eigenvalue weighted by Gasteiger charge is 2.32. The molecule has 0 aliphatic rings. The Bertz CT molecular complexity index is 2420. The molecule has 10 N–H and O–H groups in total. The minimum atomic E-state index is -1.11. The fraction of sp³-hybridized carbons (Fsp3) is 0.518. The molecular formula is C56H81N9O9. The molecule has 6 amide bonds. The quantitative estimate of drug-likeness (QED) is 0.0237. The molecule has 3 aromatic carbocycles. The van der Waals surface area contributed by atoms with Crippen molar-refractivity contribution >= 4 is 52.0 Å². The standard InChI is InChI=1S/C56H81N9O9/c1-9-11-28-58-49(67)34-48(66)46(31-35(3)4)64-56(72)50(36(5)10-2)65-54(70)40-21-25-43(26-22-40)74-42-23-19-39(20-24-42)53(69)62-38(7)52(68)63-45(18-12-13-27-57)55(71)60-30-14-16-37(6)61-47-33-44(73-8)32-41-17-15-29-59-51(41)47/h15,17,19-26,29,32-33,35-38,45-46,48,50,61,66H,9-14,16,18,27-28,30-31,34,57H2,1-8H3,(H,58,67)(H,60,71)(H,62,69)(H,63,68)(H,64,72)(H,65,70)/t36-,37?,38-,45-,46-,48-,50-/m0/s1. The molecule has 74 heavy (non-hydrogen) atoms. The molecule has 404 valence electrons. The molecule has 0 saturated heterocycles. The number of hydrogen-bond acceptors (Lipinski definition) is 12. The number of ether oxygens (including phenoxy) is 2. The maximum Gasteiger partial charge on any atom is 0.251 e. The Kier molecular flexibility index (Phi) is 25.1. The maximum atomic E-state index is 13.7. The Labute approximate surface area is 436 Å². The van der Waals surface area contributed by atoms with E-state index in [1.165, 1.54) is 0 Å². The van der Waals surface area contributed by atoms with Gasteiger partial charge in [0, 0.05) is 47.9 Å². The van der Waals surface area contributed by atoms with Crippen LogP contribution in [0.1, 0.15) is 133 Å². The summed E-state index contributed by atoms with van der Waals surface area (Å²) in [6.07, 6.45) is 6.41. The van der Waals surface area contributed by atoms with Gasteiger partial charge in [-0.15, -0.1) is 0 Å². The lowest BCUT2D eigenvalue weighted by atomic mass is 9.94. The second-order valence-corrected chi connectivity index (χ2v) is 19.5. The number of fused-ring (bicyclic) bond motifs is 1. The molecule has 1 unspecified atom stereocenters. The number of rotatable bonds is 32. The number of aliphatic hydroxyl groups excluding tert-OH is 1. The molecule has 0 aliphatic heterocycles. The molecule has 7 atom stereocenters. The molecule has 18 nitrogen and oxygen atoms in total. The van der Waals surface area contributed by atoms with Gasteiger partial charge in [0.25, 0.3) is 11.8 Å². The third kappa shape index (κ3) is 19.6. The van der Waals surface area contributed by atoms with Crippen LogP contribution in [0.2, 0.25) is 0 Å². The molecule has 0 bridgehead atoms. The van der Waals surface area contributed by atoms with E-state index in [9.17, 15) is 33.9 Å². The summed E-state index contributed by atoms with van der Waals surface area (Å²) in [4.78, 5) is 84.2. The highest BCUT2D eigenvalue weighted by molar-refractivity contribution is 5.99. The number of anilines is 1. The van der Waals surface area contributed by atoms with Gasteiger partial charge in [0.2, 0.25) is 23.6 Å². The molecule has 1 heterocycles. The van der Waals surface area contributed by atoms with E-state index in [-0.39, 0.29) is 41.7 Å². The number of aliphatic hydroxyl groups is 1. The second kappa shape index (κ2) is 31.1. The third-order valence-electron chi connectivity index (χ3n) is 12.8. The van der Waals surface area contributed by atoms with Crippen molar-refractivity contribution in [3.63, 3.8) is 0 Å². The second-order valence-electron chi connectivity index (χ2n) is 19.5. The molecule has 0 radical (unpaired) electrons. The average Bonchev–Trinajstić information content (AvgIpc) is 3.38. The van der Waals surface area contributed by atoms with Gasteiger partial charge >= 0.3 is 0 Å². The molecule has 4 aromatic rings. The van der Waals surface area contributed by atoms with Gasteiger partial charge in [0.1, 0.15) is 35.4 Å². The molecule has 0 fully saturated rings. The molecule has 0 spiro atoms. The lowest BCUT2D eigenvalue weighted by molar-refractivity contribution is -0.129. The van der Waals surface area contributed by atoms with E-state index in [0.29, 0.717) is 75.2 Å². The number of methoxy groups -OCH3 is 1. The lowest BCUT2D eigenvalue weighted by Crippen LogP contribution is -2.55. The van der Waals surface area contributed by atoms with Crippen LogP contribution in [0.15, 0.2) is 79.0 Å². The Morgan fingerprint density at radius 1 is 0.703 bits per heavy atom. The van der Waals surface area contributed by atoms with Crippen LogP contribution in [0.4, 0.5) is 5.69 Å². The Morgan fingerprint density at radius 3 is 1.96 bits per heavy atom. The molecule has 4 rings (SSSR count). The van der Waals surface area contributed by atoms with Gasteiger partial charge in [-0.05, 0) is 138 Å². The molecule has 0 saturated carbocycles. The Balaban J connectivity index is 1.27. The van der Waals surface area contributed by atoms with Gasteiger partial charge in [-0.2, -0.15) is 0 Å². The Hall–Kier alpha value is -6.79. The molecule has 1 aromatic heterocycles. The average molecular weight is 1020 g/mol. The van der Waals surface area contributed by atoms with Gasteiger partial charge in [-0.1, -0.05) is 53.5 Å². The predicted molar refractivity (Wildman–Crippen MR) is 289 cm³/mol. The summed E-state index contributed by atoms with van der Waals surface area (Å²) in [6.45, 7) is 14.7. The van der Waals surface area contributed by atoms with Crippen LogP contribution < -0.4 is 52.4 Å². The van der Waals surface area contributed by atoms with Gasteiger partial charge in [0.15, 0.2) is 0 Å². The summed E-state index contributed by atoms with van der Waals surface area (Å²) in [7, 11) is 1.63. The van der Waals surface area contributed by atoms with Crippen molar-refractivity contribution in [3.05, 3.63) is 90.1 Å². The van der Waals surface area contributed by atoms with Crippen LogP contribution in [0.25, 0.3) is 10.9 Å². The van der Waals surface area contributed by atoms with Crippen LogP contribution in [-0.2, 0) is 19.2 Å². The Morgan fingerprint density at radius 2 is 1.35 bits per heavy atom. The van der Waals surface area contributed by atoms with Gasteiger partial charge in [-0.3, -0.25) is 33.8 Å². The van der Waals surface area contributed by atoms with Crippen molar-refractivity contribution in [2.45, 2.75) is 149 Å². The fourth-order valence-corrected chi connectivity index (χ4v) is 8.19. The lowest BCUT2D eigenvalue weighted by Gasteiger charge is -2.30. The van der Waals surface area contributed by atoms with Crippen molar-refractivity contribution < 1.29 is 43.3 Å². The van der Waals surface area contributed by atoms with Crippen molar-refractivity contribution in [3.8, 4) is 17.2 Å². The largest absolute Gasteiger partial charge is 0.497 e. The van der Waals surface area contributed by atoms with Crippen molar-refractivity contribution in [1.29, 1.82) is 0 Å². The number of nitrogens with zero attached hydrogens (tertiary/aromatic N) is 1. The van der Waals surface area contributed by atoms with E-state index in [0.717, 1.165) is 41.6 Å². The maximum absolute atomic E-state index is 13.7. The number of benzene rings is 3. The first-order valence-electron chi connectivity index (χ1n) is 26.2. The van der Waals surface area contributed by atoms with E-state index in [2.05, 4.69) is 49.1 Å². The van der Waals surface area contributed by atoms with Crippen molar-refractivity contribution in [2.24, 2.45) is 17.6 Å². The van der Waals surface area contributed by atoms with Gasteiger partial charge < -0.3 is 57.5 Å². The van der Waals surface area contributed by atoms with E-state index < -0.39 is 53.9 Å². The van der Waals surface area contributed by atoms with Crippen LogP contribution in [0.3, 0.4) is 0 Å². The zero-order valence-corrected chi connectivity index (χ0v) is 44.6. The normalized spacial score (nSPS) is 14.0. The number of carbonyl (C=O) groups is 6. The number of unbranched alkanes of at least 4 members (excludes halogenated alkanes) is 2. The summed E-state index contributed by atoms with van der Waals surface area (Å²) in [5.74, 6) is -1.09. The van der Waals surface area contributed by atoms with E-state index in [1.54, 1.807) is 68.8 Å². The van der Waals surface area contributed by atoms with Gasteiger partial charge in [0.05, 0.1) is 36.9 Å². The predicted octanol–water partition coefficient (Wildman–Crippen LogP) is 6.51. The SMILES string of the molecule is CCCCNC(=O)C[C@H](O)[C@H](CC(C)C)NC(=O)[C@@H](NC(=O)c1ccc(Oc2ccc(C(=O)N[C@@H](C)C(=O)N[C@@H](CCCCN)C(=O)NCCCC(C)Nc3cc(OC)cc4cccnc34)cc2)cc1)[C@@H](C)CC. The topological polar surface area (TPSA) is 264 Å². The zero-order chi connectivity index (χ0) is 54.2. The first-order valence-corrected chi connectivity index (χ1v) is 26.2. The molecule has 0 aliphatic carbocycles. The van der Waals surface area contributed by atoms with Gasteiger partial charge in [-0.25, -0.2) is 0 Å². The van der Waals surface area contributed by atoms with Crippen LogP contribution >= 0.6 is 0 Å². The monoisotopic (exact) mass is 1020 g/mol. The number of hydrogen-bond donors (Lipinski definition) is 9. The van der Waals surface area contributed by atoms with Crippen LogP contribution in [0.5, 0.6) is 17.2 Å². The number of amides is 6. The number of carbonyl (C=O) groups excluding carboxylic acids is 6. The van der Waals surface area contributed by atoms with E-state index in [4.69, 9.17) is 15.2 Å². The highest BCUT2D eigenvalue weighted by Crippen LogP contribution is 2.29. The minimum Gasteiger partial charge on any atom is -0.497 e. The summed E-state index contributed by atoms with van der Waals surface area (Å²) in [6, 6.07) is 17.1. The smallest absolute Gasteiger partial charge is 0.251 e. The highest BCUT2D eigenvalue weighted by atomic mass is 16.5. The van der Waals surface area contributed by atoms with E-state index in [1.807, 2.05) is 58.9 Å². The van der Waals surface area contributed by atoms with Crippen LogP contribution in [-0.4, -0.2) is 109 Å². The fourth-order valence-electron chi connectivity index (χ4n) is 8.19. The van der Waals surface area contributed by atoms with Crippen LogP contribution in [0, 0.1) is 11.8 Å². The summed E-state index contributed by atoms with van der Waals surface area (Å²) in [5.41, 5.74) is 8.00. The zero-order valence-electron chi connectivity index (χ0n) is 44.6. The summed E-state index contributed by atoms with van der Waals surface area (Å²) in [5, 5.41) is 32.6. The summed E-state index contributed by atoms with van der Waals surface area (Å²) < 4.78 is 11.5. The van der Waals surface area contributed by atoms with Crippen molar-refractivity contribution in [1.82, 2.24) is 36.9 Å². The minimum absolute atomic E-state index is 0.0661. The number of nitrogens with two attached hydrogens (primary N) is 1. The molecular weight excluding hydrogens is 943 g/mol. The first kappa shape index (κ1) is 59.8.